The number of hydrogen-bond donors (Lipinski definition) is 1. The molecule has 1 atom stereocenters. The average molecular weight is 387 g/mol. The van der Waals surface area contributed by atoms with Crippen LogP contribution in [0, 0.1) is 0 Å². The number of fused-ring (bicyclic) bond motifs is 1. The molecule has 0 aromatic heterocycles. The summed E-state index contributed by atoms with van der Waals surface area (Å²) in [4.78, 5) is 27.3. The molecule has 1 aromatic rings. The Balaban J connectivity index is 1.75. The smallest absolute Gasteiger partial charge is 0.471 e. The number of alkyl halides is 3. The Labute approximate surface area is 154 Å². The molecule has 1 unspecified atom stereocenters. The first kappa shape index (κ1) is 19.4. The highest BCUT2D eigenvalue weighted by molar-refractivity contribution is 6.01. The number of carbonyl (C=O) groups is 2. The van der Waals surface area contributed by atoms with Gasteiger partial charge in [0.1, 0.15) is 5.75 Å². The fourth-order valence-corrected chi connectivity index (χ4v) is 2.99. The van der Waals surface area contributed by atoms with E-state index < -0.39 is 18.2 Å². The Bertz CT molecular complexity index is 720. The highest BCUT2D eigenvalue weighted by Crippen LogP contribution is 2.36. The first-order chi connectivity index (χ1) is 12.8. The third-order valence-corrected chi connectivity index (χ3v) is 4.43. The Kier molecular flexibility index (Phi) is 5.56. The van der Waals surface area contributed by atoms with Crippen LogP contribution < -0.4 is 15.0 Å². The summed E-state index contributed by atoms with van der Waals surface area (Å²) in [7, 11) is 0. The maximum absolute atomic E-state index is 12.5. The van der Waals surface area contributed by atoms with E-state index in [1.165, 1.54) is 18.2 Å². The van der Waals surface area contributed by atoms with Gasteiger partial charge in [-0.05, 0) is 19.1 Å². The van der Waals surface area contributed by atoms with Crippen LogP contribution in [0.15, 0.2) is 18.2 Å². The van der Waals surface area contributed by atoms with Crippen molar-refractivity contribution >= 4 is 23.2 Å². The molecular weight excluding hydrogens is 367 g/mol. The number of anilines is 2. The van der Waals surface area contributed by atoms with Crippen molar-refractivity contribution in [2.24, 2.45) is 0 Å². The van der Waals surface area contributed by atoms with Gasteiger partial charge in [-0.3, -0.25) is 14.5 Å². The molecule has 0 spiro atoms. The number of carbonyl (C=O) groups excluding carboxylic acids is 2. The van der Waals surface area contributed by atoms with Crippen molar-refractivity contribution in [2.45, 2.75) is 19.2 Å². The number of nitrogens with zero attached hydrogens (tertiary/aromatic N) is 2. The van der Waals surface area contributed by atoms with Crippen molar-refractivity contribution in [3.8, 4) is 5.75 Å². The molecule has 2 heterocycles. The second kappa shape index (κ2) is 7.73. The topological polar surface area (TPSA) is 71.1 Å². The van der Waals surface area contributed by atoms with E-state index in [1.807, 2.05) is 0 Å². The highest BCUT2D eigenvalue weighted by Gasteiger charge is 2.39. The molecular formula is C17H20F3N3O4. The number of benzene rings is 1. The maximum atomic E-state index is 12.5. The molecule has 3 rings (SSSR count). The van der Waals surface area contributed by atoms with Crippen molar-refractivity contribution in [3.63, 3.8) is 0 Å². The summed E-state index contributed by atoms with van der Waals surface area (Å²) in [6.07, 6.45) is -5.75. The summed E-state index contributed by atoms with van der Waals surface area (Å²) >= 11 is 0. The van der Waals surface area contributed by atoms with Crippen LogP contribution in [0.25, 0.3) is 0 Å². The zero-order chi connectivity index (χ0) is 19.6. The minimum Gasteiger partial charge on any atom is -0.479 e. The van der Waals surface area contributed by atoms with E-state index in [4.69, 9.17) is 9.47 Å². The zero-order valence-electron chi connectivity index (χ0n) is 14.7. The predicted octanol–water partition coefficient (Wildman–Crippen LogP) is 1.63. The van der Waals surface area contributed by atoms with Gasteiger partial charge in [0.25, 0.3) is 5.91 Å². The van der Waals surface area contributed by atoms with Gasteiger partial charge in [-0.1, -0.05) is 0 Å². The molecule has 7 nitrogen and oxygen atoms in total. The molecule has 2 aliphatic rings. The minimum atomic E-state index is -4.98. The van der Waals surface area contributed by atoms with Crippen LogP contribution in [0.3, 0.4) is 0 Å². The van der Waals surface area contributed by atoms with Crippen molar-refractivity contribution in [1.29, 1.82) is 0 Å². The third-order valence-electron chi connectivity index (χ3n) is 4.43. The largest absolute Gasteiger partial charge is 0.479 e. The molecule has 1 N–H and O–H groups in total. The summed E-state index contributed by atoms with van der Waals surface area (Å²) in [6, 6.07) is 4.09. The summed E-state index contributed by atoms with van der Waals surface area (Å²) in [5.41, 5.74) is 0.419. The zero-order valence-corrected chi connectivity index (χ0v) is 14.7. The SMILES string of the molecule is CC1Oc2cc(NC(=O)C(F)(F)F)ccc2N(CCN2CCOCC2)C1=O. The van der Waals surface area contributed by atoms with Crippen LogP contribution in [0.2, 0.25) is 0 Å². The average Bonchev–Trinajstić information content (AvgIpc) is 2.62. The molecule has 1 aromatic carbocycles. The Hall–Kier alpha value is -2.33. The summed E-state index contributed by atoms with van der Waals surface area (Å²) < 4.78 is 48.1. The molecule has 2 aliphatic heterocycles. The fourth-order valence-electron chi connectivity index (χ4n) is 2.99. The molecule has 2 amide bonds. The van der Waals surface area contributed by atoms with Crippen LogP contribution in [0.4, 0.5) is 24.5 Å². The quantitative estimate of drug-likeness (QED) is 0.851. The Morgan fingerprint density at radius 3 is 2.63 bits per heavy atom. The third kappa shape index (κ3) is 4.51. The second-order valence-corrected chi connectivity index (χ2v) is 6.34. The predicted molar refractivity (Wildman–Crippen MR) is 90.8 cm³/mol. The standard InChI is InChI=1S/C17H20F3N3O4/c1-11-15(24)23(5-4-22-6-8-26-9-7-22)13-3-2-12(10-14(13)27-11)21-16(25)17(18,19)20/h2-3,10-11H,4-9H2,1H3,(H,21,25). The van der Waals surface area contributed by atoms with Gasteiger partial charge < -0.3 is 19.7 Å². The van der Waals surface area contributed by atoms with E-state index in [0.29, 0.717) is 32.0 Å². The van der Waals surface area contributed by atoms with E-state index in [-0.39, 0.29) is 17.3 Å². The number of halogens is 3. The molecule has 0 radical (unpaired) electrons. The van der Waals surface area contributed by atoms with Crippen molar-refractivity contribution in [3.05, 3.63) is 18.2 Å². The lowest BCUT2D eigenvalue weighted by atomic mass is 10.1. The van der Waals surface area contributed by atoms with Crippen LogP contribution in [-0.4, -0.2) is 68.4 Å². The first-order valence-electron chi connectivity index (χ1n) is 8.56. The number of amides is 2. The van der Waals surface area contributed by atoms with Gasteiger partial charge in [-0.25, -0.2) is 0 Å². The van der Waals surface area contributed by atoms with Gasteiger partial charge in [0.15, 0.2) is 6.10 Å². The summed E-state index contributed by atoms with van der Waals surface area (Å²) in [5, 5.41) is 1.79. The van der Waals surface area contributed by atoms with Gasteiger partial charge >= 0.3 is 12.1 Å². The van der Waals surface area contributed by atoms with Crippen LogP contribution in [-0.2, 0) is 14.3 Å². The lowest BCUT2D eigenvalue weighted by Gasteiger charge is -2.35. The minimum absolute atomic E-state index is 0.0502. The monoisotopic (exact) mass is 387 g/mol. The maximum Gasteiger partial charge on any atom is 0.471 e. The normalized spacial score (nSPS) is 20.8. The molecule has 1 saturated heterocycles. The first-order valence-corrected chi connectivity index (χ1v) is 8.56. The van der Waals surface area contributed by atoms with Crippen molar-refractivity contribution < 1.29 is 32.2 Å². The summed E-state index contributed by atoms with van der Waals surface area (Å²) in [5.74, 6) is -2.03. The van der Waals surface area contributed by atoms with Crippen LogP contribution in [0.1, 0.15) is 6.92 Å². The number of hydrogen-bond acceptors (Lipinski definition) is 5. The lowest BCUT2D eigenvalue weighted by molar-refractivity contribution is -0.167. The second-order valence-electron chi connectivity index (χ2n) is 6.34. The molecule has 1 fully saturated rings. The molecule has 10 heteroatoms. The molecule has 0 saturated carbocycles. The van der Waals surface area contributed by atoms with Gasteiger partial charge in [-0.15, -0.1) is 0 Å². The Morgan fingerprint density at radius 1 is 1.26 bits per heavy atom. The van der Waals surface area contributed by atoms with Gasteiger partial charge in [0.05, 0.1) is 18.9 Å². The highest BCUT2D eigenvalue weighted by atomic mass is 19.4. The Morgan fingerprint density at radius 2 is 1.96 bits per heavy atom. The fraction of sp³-hybridized carbons (Fsp3) is 0.529. The number of rotatable bonds is 4. The van der Waals surface area contributed by atoms with Gasteiger partial charge in [0.2, 0.25) is 0 Å². The van der Waals surface area contributed by atoms with E-state index in [2.05, 4.69) is 4.90 Å². The van der Waals surface area contributed by atoms with E-state index in [0.717, 1.165) is 13.1 Å². The van der Waals surface area contributed by atoms with Gasteiger partial charge in [-0.2, -0.15) is 13.2 Å². The van der Waals surface area contributed by atoms with Crippen molar-refractivity contribution in [2.75, 3.05) is 49.6 Å². The van der Waals surface area contributed by atoms with E-state index in [9.17, 15) is 22.8 Å². The number of nitrogens with one attached hydrogen (secondary N) is 1. The van der Waals surface area contributed by atoms with Crippen LogP contribution >= 0.6 is 0 Å². The molecule has 0 bridgehead atoms. The molecule has 27 heavy (non-hydrogen) atoms. The van der Waals surface area contributed by atoms with Crippen LogP contribution in [0.5, 0.6) is 5.75 Å². The van der Waals surface area contributed by atoms with Crippen molar-refractivity contribution in [1.82, 2.24) is 4.90 Å². The molecule has 0 aliphatic carbocycles. The number of morpholine rings is 1. The molecule has 148 valence electrons. The van der Waals surface area contributed by atoms with E-state index >= 15 is 0 Å². The number of ether oxygens (including phenoxy) is 2. The van der Waals surface area contributed by atoms with Gasteiger partial charge in [0, 0.05) is 37.9 Å². The summed E-state index contributed by atoms with van der Waals surface area (Å²) in [6.45, 7) is 5.50. The van der Waals surface area contributed by atoms with E-state index in [1.54, 1.807) is 17.1 Å². The lowest BCUT2D eigenvalue weighted by Crippen LogP contribution is -2.48.